The number of aromatic nitrogens is 3. The van der Waals surface area contributed by atoms with E-state index >= 15 is 0 Å². The molecule has 2 heterocycles. The van der Waals surface area contributed by atoms with E-state index in [1.165, 1.54) is 12.4 Å². The van der Waals surface area contributed by atoms with Crippen molar-refractivity contribution in [1.29, 1.82) is 0 Å². The third-order valence-corrected chi connectivity index (χ3v) is 3.20. The van der Waals surface area contributed by atoms with Crippen molar-refractivity contribution in [3.8, 4) is 17.1 Å². The SMILES string of the molecule is O=c1cc2ncnc-2c2on(-c3ccccc3)ccc1=2. The predicted molar refractivity (Wildman–Crippen MR) is 71.8 cm³/mol. The first-order valence-electron chi connectivity index (χ1n) is 6.15. The molecule has 0 saturated heterocycles. The fourth-order valence-electron chi connectivity index (χ4n) is 2.23. The Balaban J connectivity index is 2.11. The molecule has 2 aliphatic heterocycles. The van der Waals surface area contributed by atoms with Gasteiger partial charge in [0, 0.05) is 12.3 Å². The van der Waals surface area contributed by atoms with Crippen LogP contribution >= 0.6 is 0 Å². The van der Waals surface area contributed by atoms with Crippen LogP contribution in [0.15, 0.2) is 64.3 Å². The van der Waals surface area contributed by atoms with Crippen LogP contribution in [-0.4, -0.2) is 14.7 Å². The van der Waals surface area contributed by atoms with Crippen molar-refractivity contribution in [3.05, 3.63) is 75.8 Å². The normalized spacial score (nSPS) is 11.2. The molecule has 0 N–H and O–H groups in total. The van der Waals surface area contributed by atoms with Crippen LogP contribution in [0.4, 0.5) is 0 Å². The highest BCUT2D eigenvalue weighted by Gasteiger charge is 2.13. The summed E-state index contributed by atoms with van der Waals surface area (Å²) in [6.45, 7) is 0. The van der Waals surface area contributed by atoms with Crippen LogP contribution in [0.2, 0.25) is 0 Å². The second kappa shape index (κ2) is 4.03. The Labute approximate surface area is 113 Å². The third kappa shape index (κ3) is 1.53. The molecule has 0 radical (unpaired) electrons. The third-order valence-electron chi connectivity index (χ3n) is 3.20. The first-order chi connectivity index (χ1) is 9.83. The molecule has 0 aromatic heterocycles. The fraction of sp³-hybridized carbons (Fsp3) is 0. The number of fused-ring (bicyclic) bond motifs is 2. The number of para-hydroxylation sites is 1. The van der Waals surface area contributed by atoms with Gasteiger partial charge in [0.15, 0.2) is 10.8 Å². The average molecular weight is 263 g/mol. The van der Waals surface area contributed by atoms with E-state index in [-0.39, 0.29) is 5.43 Å². The van der Waals surface area contributed by atoms with Gasteiger partial charge in [0.2, 0.25) is 0 Å². The van der Waals surface area contributed by atoms with E-state index in [9.17, 15) is 4.79 Å². The molecular weight excluding hydrogens is 254 g/mol. The predicted octanol–water partition coefficient (Wildman–Crippen LogP) is 2.05. The molecule has 0 unspecified atom stereocenters. The minimum absolute atomic E-state index is 0.114. The summed E-state index contributed by atoms with van der Waals surface area (Å²) in [4.78, 5) is 20.2. The molecule has 0 saturated carbocycles. The summed E-state index contributed by atoms with van der Waals surface area (Å²) < 4.78 is 7.42. The molecule has 0 amide bonds. The van der Waals surface area contributed by atoms with Crippen LogP contribution in [0.1, 0.15) is 0 Å². The molecule has 1 aromatic carbocycles. The summed E-state index contributed by atoms with van der Waals surface area (Å²) in [6.07, 6.45) is 3.15. The molecule has 20 heavy (non-hydrogen) atoms. The van der Waals surface area contributed by atoms with Crippen molar-refractivity contribution in [2.75, 3.05) is 0 Å². The van der Waals surface area contributed by atoms with Gasteiger partial charge in [-0.3, -0.25) is 4.79 Å². The van der Waals surface area contributed by atoms with Gasteiger partial charge in [-0.05, 0) is 18.2 Å². The van der Waals surface area contributed by atoms with Gasteiger partial charge in [-0.1, -0.05) is 18.2 Å². The summed E-state index contributed by atoms with van der Waals surface area (Å²) >= 11 is 0. The van der Waals surface area contributed by atoms with Gasteiger partial charge in [-0.15, -0.1) is 0 Å². The molecule has 0 atom stereocenters. The average Bonchev–Trinajstić information content (AvgIpc) is 2.96. The Hall–Kier alpha value is -2.95. The number of benzene rings is 1. The fourth-order valence-corrected chi connectivity index (χ4v) is 2.23. The highest BCUT2D eigenvalue weighted by atomic mass is 16.5. The molecule has 96 valence electrons. The quantitative estimate of drug-likeness (QED) is 0.527. The van der Waals surface area contributed by atoms with Crippen molar-refractivity contribution in [3.63, 3.8) is 0 Å². The van der Waals surface area contributed by atoms with Crippen molar-refractivity contribution in [1.82, 2.24) is 14.7 Å². The molecule has 4 rings (SSSR count). The van der Waals surface area contributed by atoms with Gasteiger partial charge >= 0.3 is 0 Å². The van der Waals surface area contributed by atoms with E-state index in [1.807, 2.05) is 30.3 Å². The first-order valence-corrected chi connectivity index (χ1v) is 6.15. The van der Waals surface area contributed by atoms with Gasteiger partial charge in [0.1, 0.15) is 12.0 Å². The molecule has 5 heteroatoms. The van der Waals surface area contributed by atoms with E-state index < -0.39 is 0 Å². The Bertz CT molecular complexity index is 972. The molecular formula is C15H9N3O2. The van der Waals surface area contributed by atoms with E-state index in [2.05, 4.69) is 9.97 Å². The molecule has 1 aliphatic carbocycles. The van der Waals surface area contributed by atoms with Crippen molar-refractivity contribution >= 4 is 0 Å². The standard InChI is InChI=1S/C15H9N3O2/c19-13-8-12-14(17-9-16-12)15-11(13)6-7-18(20-15)10-4-2-1-3-5-10/h1-9H. The van der Waals surface area contributed by atoms with Crippen LogP contribution in [0, 0.1) is 10.6 Å². The van der Waals surface area contributed by atoms with Gasteiger partial charge in [-0.2, -0.15) is 4.74 Å². The van der Waals surface area contributed by atoms with E-state index in [0.717, 1.165) is 5.69 Å². The van der Waals surface area contributed by atoms with E-state index in [0.29, 0.717) is 22.0 Å². The number of imidazole rings is 1. The zero-order chi connectivity index (χ0) is 13.5. The molecule has 3 aliphatic rings. The summed E-state index contributed by atoms with van der Waals surface area (Å²) in [5, 5.41) is 0.505. The van der Waals surface area contributed by atoms with Gasteiger partial charge in [-0.25, -0.2) is 9.97 Å². The van der Waals surface area contributed by atoms with Gasteiger partial charge < -0.3 is 4.52 Å². The molecule has 0 spiro atoms. The largest absolute Gasteiger partial charge is 0.372 e. The van der Waals surface area contributed by atoms with Crippen molar-refractivity contribution in [2.24, 2.45) is 0 Å². The highest BCUT2D eigenvalue weighted by Crippen LogP contribution is 2.18. The second-order valence-electron chi connectivity index (χ2n) is 4.43. The second-order valence-corrected chi connectivity index (χ2v) is 4.43. The lowest BCUT2D eigenvalue weighted by Crippen LogP contribution is -2.07. The van der Waals surface area contributed by atoms with Crippen LogP contribution < -0.4 is 5.43 Å². The maximum absolute atomic E-state index is 12.0. The van der Waals surface area contributed by atoms with Gasteiger partial charge in [0.25, 0.3) is 0 Å². The lowest BCUT2D eigenvalue weighted by molar-refractivity contribution is 0.307. The monoisotopic (exact) mass is 263 g/mol. The minimum atomic E-state index is -0.114. The highest BCUT2D eigenvalue weighted by molar-refractivity contribution is 5.55. The van der Waals surface area contributed by atoms with E-state index in [1.54, 1.807) is 17.0 Å². The lowest BCUT2D eigenvalue weighted by atomic mass is 10.2. The summed E-state index contributed by atoms with van der Waals surface area (Å²) in [7, 11) is 0. The topological polar surface area (TPSA) is 60.9 Å². The number of nitrogens with zero attached hydrogens (tertiary/aromatic N) is 3. The first kappa shape index (κ1) is 10.9. The maximum Gasteiger partial charge on any atom is 0.194 e. The van der Waals surface area contributed by atoms with Crippen molar-refractivity contribution in [2.45, 2.75) is 0 Å². The molecule has 0 fully saturated rings. The Kier molecular flexibility index (Phi) is 2.20. The van der Waals surface area contributed by atoms with Crippen LogP contribution in [-0.2, 0) is 0 Å². The maximum atomic E-state index is 12.0. The molecule has 0 bridgehead atoms. The minimum Gasteiger partial charge on any atom is -0.372 e. The molecule has 5 nitrogen and oxygen atoms in total. The van der Waals surface area contributed by atoms with E-state index in [4.69, 9.17) is 4.52 Å². The summed E-state index contributed by atoms with van der Waals surface area (Å²) in [5.74, 6) is 0. The zero-order valence-electron chi connectivity index (χ0n) is 10.4. The Morgan fingerprint density at radius 2 is 1.90 bits per heavy atom. The van der Waals surface area contributed by atoms with Crippen LogP contribution in [0.3, 0.4) is 0 Å². The summed E-state index contributed by atoms with van der Waals surface area (Å²) in [5.41, 5.74) is 2.37. The Morgan fingerprint density at radius 3 is 2.75 bits per heavy atom. The van der Waals surface area contributed by atoms with Crippen molar-refractivity contribution < 1.29 is 4.52 Å². The number of hydrogen-bond acceptors (Lipinski definition) is 4. The smallest absolute Gasteiger partial charge is 0.194 e. The lowest BCUT2D eigenvalue weighted by Gasteiger charge is -2.06. The zero-order valence-corrected chi connectivity index (χ0v) is 10.4. The number of hydrogen-bond donors (Lipinski definition) is 0. The summed E-state index contributed by atoms with van der Waals surface area (Å²) in [6, 6.07) is 12.8. The van der Waals surface area contributed by atoms with Gasteiger partial charge in [0.05, 0.1) is 16.6 Å². The van der Waals surface area contributed by atoms with Crippen LogP contribution in [0.5, 0.6) is 0 Å². The number of rotatable bonds is 1. The molecule has 1 aromatic rings. The Morgan fingerprint density at radius 1 is 1.05 bits per heavy atom. The van der Waals surface area contributed by atoms with Crippen LogP contribution in [0.25, 0.3) is 17.1 Å².